The number of likely N-dealkylation sites (N-methyl/N-ethyl adjacent to an activating group) is 1. The summed E-state index contributed by atoms with van der Waals surface area (Å²) in [6.07, 6.45) is 2.92. The minimum Gasteiger partial charge on any atom is -0.381 e. The molecule has 19 heavy (non-hydrogen) atoms. The van der Waals surface area contributed by atoms with Gasteiger partial charge in [0, 0.05) is 39.2 Å². The summed E-state index contributed by atoms with van der Waals surface area (Å²) in [5.74, 6) is 0. The molecule has 106 valence electrons. The fourth-order valence-corrected chi connectivity index (χ4v) is 3.02. The Bertz CT molecular complexity index is 399. The Kier molecular flexibility index (Phi) is 4.97. The smallest absolute Gasteiger partial charge is 0.0877 e. The highest BCUT2D eigenvalue weighted by molar-refractivity contribution is 5.27. The van der Waals surface area contributed by atoms with E-state index in [1.807, 2.05) is 14.2 Å². The van der Waals surface area contributed by atoms with Gasteiger partial charge in [0.05, 0.1) is 5.60 Å². The first-order chi connectivity index (χ1) is 9.22. The van der Waals surface area contributed by atoms with Crippen LogP contribution in [0.5, 0.6) is 0 Å². The predicted octanol–water partition coefficient (Wildman–Crippen LogP) is 2.32. The molecule has 1 atom stereocenters. The average molecular weight is 263 g/mol. The molecule has 2 rings (SSSR count). The Balaban J connectivity index is 2.17. The molecule has 1 unspecified atom stereocenters. The molecule has 1 heterocycles. The monoisotopic (exact) mass is 263 g/mol. The number of methoxy groups -OCH3 is 1. The molecule has 0 bridgehead atoms. The maximum absolute atomic E-state index is 5.90. The minimum atomic E-state index is -0.102. The first-order valence-corrected chi connectivity index (χ1v) is 7.06. The second-order valence-electron chi connectivity index (χ2n) is 5.35. The molecule has 0 aromatic heterocycles. The van der Waals surface area contributed by atoms with Gasteiger partial charge in [0.25, 0.3) is 0 Å². The van der Waals surface area contributed by atoms with Gasteiger partial charge in [0.15, 0.2) is 0 Å². The van der Waals surface area contributed by atoms with Crippen molar-refractivity contribution in [3.63, 3.8) is 0 Å². The molecule has 1 N–H and O–H groups in total. The zero-order valence-corrected chi connectivity index (χ0v) is 12.2. The van der Waals surface area contributed by atoms with Crippen molar-refractivity contribution in [2.75, 3.05) is 27.4 Å². The normalized spacial score (nSPS) is 20.2. The largest absolute Gasteiger partial charge is 0.381 e. The first kappa shape index (κ1) is 14.5. The van der Waals surface area contributed by atoms with Crippen LogP contribution in [0.15, 0.2) is 24.3 Å². The van der Waals surface area contributed by atoms with E-state index in [1.54, 1.807) is 0 Å². The molecule has 3 nitrogen and oxygen atoms in total. The third-order valence-corrected chi connectivity index (χ3v) is 4.41. The van der Waals surface area contributed by atoms with Crippen LogP contribution in [0.25, 0.3) is 0 Å². The molecule has 1 aliphatic rings. The molecule has 0 saturated carbocycles. The van der Waals surface area contributed by atoms with Crippen molar-refractivity contribution in [2.45, 2.75) is 37.8 Å². The lowest BCUT2D eigenvalue weighted by Crippen LogP contribution is -2.55. The maximum atomic E-state index is 5.90. The van der Waals surface area contributed by atoms with E-state index in [0.717, 1.165) is 32.5 Å². The number of rotatable bonds is 5. The average Bonchev–Trinajstić information content (AvgIpc) is 2.47. The van der Waals surface area contributed by atoms with E-state index < -0.39 is 0 Å². The summed E-state index contributed by atoms with van der Waals surface area (Å²) in [5, 5.41) is 3.46. The zero-order chi connectivity index (χ0) is 13.7. The minimum absolute atomic E-state index is 0.102. The molecular weight excluding hydrogens is 238 g/mol. The van der Waals surface area contributed by atoms with Crippen molar-refractivity contribution in [1.29, 1.82) is 0 Å². The quantitative estimate of drug-likeness (QED) is 0.884. The van der Waals surface area contributed by atoms with Gasteiger partial charge in [-0.15, -0.1) is 0 Å². The fourth-order valence-electron chi connectivity index (χ4n) is 3.02. The number of hydrogen-bond donors (Lipinski definition) is 1. The van der Waals surface area contributed by atoms with Crippen molar-refractivity contribution >= 4 is 0 Å². The van der Waals surface area contributed by atoms with Crippen molar-refractivity contribution < 1.29 is 9.47 Å². The number of nitrogens with one attached hydrogen (secondary N) is 1. The van der Waals surface area contributed by atoms with Crippen LogP contribution in [0.4, 0.5) is 0 Å². The van der Waals surface area contributed by atoms with Crippen LogP contribution >= 0.6 is 0 Å². The van der Waals surface area contributed by atoms with E-state index in [4.69, 9.17) is 9.47 Å². The molecule has 1 aliphatic heterocycles. The Morgan fingerprint density at radius 3 is 2.58 bits per heavy atom. The van der Waals surface area contributed by atoms with Crippen molar-refractivity contribution in [3.05, 3.63) is 35.4 Å². The summed E-state index contributed by atoms with van der Waals surface area (Å²) in [5.41, 5.74) is 2.64. The van der Waals surface area contributed by atoms with Gasteiger partial charge in [0.2, 0.25) is 0 Å². The summed E-state index contributed by atoms with van der Waals surface area (Å²) < 4.78 is 11.4. The van der Waals surface area contributed by atoms with Crippen LogP contribution in [0.2, 0.25) is 0 Å². The lowest BCUT2D eigenvalue weighted by Gasteiger charge is -2.42. The van der Waals surface area contributed by atoms with E-state index in [9.17, 15) is 0 Å². The van der Waals surface area contributed by atoms with E-state index in [-0.39, 0.29) is 5.60 Å². The molecule has 3 heteroatoms. The third-order valence-electron chi connectivity index (χ3n) is 4.41. The molecule has 0 amide bonds. The maximum Gasteiger partial charge on any atom is 0.0877 e. The first-order valence-electron chi connectivity index (χ1n) is 7.06. The molecule has 1 aromatic carbocycles. The van der Waals surface area contributed by atoms with Crippen LogP contribution in [0.3, 0.4) is 0 Å². The lowest BCUT2D eigenvalue weighted by molar-refractivity contribution is -0.109. The topological polar surface area (TPSA) is 30.5 Å². The highest BCUT2D eigenvalue weighted by atomic mass is 16.5. The van der Waals surface area contributed by atoms with Gasteiger partial charge in [0.1, 0.15) is 0 Å². The molecule has 0 aliphatic carbocycles. The fraction of sp³-hybridized carbons (Fsp3) is 0.625. The van der Waals surface area contributed by atoms with Gasteiger partial charge in [-0.3, -0.25) is 0 Å². The van der Waals surface area contributed by atoms with E-state index in [0.29, 0.717) is 6.04 Å². The van der Waals surface area contributed by atoms with Crippen LogP contribution in [-0.2, 0) is 15.9 Å². The number of aryl methyl sites for hydroxylation is 1. The van der Waals surface area contributed by atoms with Gasteiger partial charge < -0.3 is 14.8 Å². The van der Waals surface area contributed by atoms with Gasteiger partial charge in [-0.1, -0.05) is 24.3 Å². The van der Waals surface area contributed by atoms with Crippen molar-refractivity contribution in [2.24, 2.45) is 0 Å². The zero-order valence-electron chi connectivity index (χ0n) is 12.2. The number of ether oxygens (including phenoxy) is 2. The SMILES string of the molecule is CNC(Cc1ccccc1C)C1(OC)CCOCC1. The Morgan fingerprint density at radius 2 is 2.00 bits per heavy atom. The van der Waals surface area contributed by atoms with Crippen molar-refractivity contribution in [1.82, 2.24) is 5.32 Å². The molecule has 1 aromatic rings. The van der Waals surface area contributed by atoms with Gasteiger partial charge in [-0.2, -0.15) is 0 Å². The van der Waals surface area contributed by atoms with E-state index in [2.05, 4.69) is 36.5 Å². The molecule has 1 saturated heterocycles. The van der Waals surface area contributed by atoms with E-state index >= 15 is 0 Å². The Hall–Kier alpha value is -0.900. The summed E-state index contributed by atoms with van der Waals surface area (Å²) in [6.45, 7) is 3.76. The molecule has 0 radical (unpaired) electrons. The predicted molar refractivity (Wildman–Crippen MR) is 77.5 cm³/mol. The van der Waals surface area contributed by atoms with Crippen LogP contribution in [0, 0.1) is 6.92 Å². The van der Waals surface area contributed by atoms with Crippen molar-refractivity contribution in [3.8, 4) is 0 Å². The standard InChI is InChI=1S/C16H25NO2/c1-13-6-4-5-7-14(13)12-15(17-2)16(18-3)8-10-19-11-9-16/h4-7,15,17H,8-12H2,1-3H3. The van der Waals surface area contributed by atoms with Crippen LogP contribution in [-0.4, -0.2) is 39.0 Å². The van der Waals surface area contributed by atoms with Gasteiger partial charge in [-0.05, 0) is 31.5 Å². The van der Waals surface area contributed by atoms with Gasteiger partial charge >= 0.3 is 0 Å². The summed E-state index contributed by atoms with van der Waals surface area (Å²) in [7, 11) is 3.85. The highest BCUT2D eigenvalue weighted by Gasteiger charge is 2.39. The molecule has 1 fully saturated rings. The Morgan fingerprint density at radius 1 is 1.32 bits per heavy atom. The van der Waals surface area contributed by atoms with Crippen LogP contribution in [0.1, 0.15) is 24.0 Å². The highest BCUT2D eigenvalue weighted by Crippen LogP contribution is 2.30. The summed E-state index contributed by atoms with van der Waals surface area (Å²) in [6, 6.07) is 8.91. The summed E-state index contributed by atoms with van der Waals surface area (Å²) in [4.78, 5) is 0. The second kappa shape index (κ2) is 6.51. The molecule has 0 spiro atoms. The summed E-state index contributed by atoms with van der Waals surface area (Å²) >= 11 is 0. The Labute approximate surface area is 116 Å². The van der Waals surface area contributed by atoms with Gasteiger partial charge in [-0.25, -0.2) is 0 Å². The lowest BCUT2D eigenvalue weighted by atomic mass is 9.82. The second-order valence-corrected chi connectivity index (χ2v) is 5.35. The van der Waals surface area contributed by atoms with E-state index in [1.165, 1.54) is 11.1 Å². The van der Waals surface area contributed by atoms with Crippen LogP contribution < -0.4 is 5.32 Å². The number of hydrogen-bond acceptors (Lipinski definition) is 3. The third kappa shape index (κ3) is 3.16. The number of benzene rings is 1. The molecular formula is C16H25NO2.